The highest BCUT2D eigenvalue weighted by molar-refractivity contribution is 7.15. The van der Waals surface area contributed by atoms with E-state index < -0.39 is 5.97 Å². The van der Waals surface area contributed by atoms with Crippen molar-refractivity contribution in [1.82, 2.24) is 9.88 Å². The number of carbonyl (C=O) groups is 1. The Bertz CT molecular complexity index is 447. The zero-order valence-electron chi connectivity index (χ0n) is 11.0. The highest BCUT2D eigenvalue weighted by atomic mass is 32.1. The van der Waals surface area contributed by atoms with E-state index in [1.165, 1.54) is 17.8 Å². The molecular formula is C12H19N3O2S. The summed E-state index contributed by atoms with van der Waals surface area (Å²) in [6.45, 7) is 3.96. The first-order chi connectivity index (χ1) is 8.49. The van der Waals surface area contributed by atoms with Crippen molar-refractivity contribution in [2.45, 2.75) is 25.8 Å². The predicted octanol–water partition coefficient (Wildman–Crippen LogP) is 1.68. The number of hydrogen-bond donors (Lipinski definition) is 1. The lowest BCUT2D eigenvalue weighted by Crippen LogP contribution is -2.45. The number of aromatic nitrogens is 1. The van der Waals surface area contributed by atoms with Gasteiger partial charge in [-0.25, -0.2) is 9.78 Å². The molecule has 1 atom stereocenters. The van der Waals surface area contributed by atoms with Crippen LogP contribution in [0.4, 0.5) is 5.13 Å². The summed E-state index contributed by atoms with van der Waals surface area (Å²) in [7, 11) is 4.13. The fourth-order valence-corrected chi connectivity index (χ4v) is 3.28. The molecule has 1 aromatic heterocycles. The monoisotopic (exact) mass is 269 g/mol. The average Bonchev–Trinajstić information content (AvgIpc) is 2.70. The van der Waals surface area contributed by atoms with Crippen LogP contribution >= 0.6 is 11.3 Å². The minimum absolute atomic E-state index is 0.186. The molecule has 0 bridgehead atoms. The summed E-state index contributed by atoms with van der Waals surface area (Å²) in [6, 6.07) is 0.427. The van der Waals surface area contributed by atoms with Crippen LogP contribution in [0.2, 0.25) is 0 Å². The molecule has 0 spiro atoms. The maximum atomic E-state index is 11.0. The van der Waals surface area contributed by atoms with Crippen LogP contribution in [0.15, 0.2) is 0 Å². The molecule has 2 rings (SSSR count). The van der Waals surface area contributed by atoms with Crippen LogP contribution in [0, 0.1) is 6.92 Å². The number of rotatable bonds is 3. The van der Waals surface area contributed by atoms with Crippen LogP contribution in [0.5, 0.6) is 0 Å². The molecule has 0 aliphatic carbocycles. The summed E-state index contributed by atoms with van der Waals surface area (Å²) in [4.78, 5) is 20.4. The van der Waals surface area contributed by atoms with Gasteiger partial charge in [0.2, 0.25) is 0 Å². The van der Waals surface area contributed by atoms with E-state index in [1.807, 2.05) is 14.0 Å². The summed E-state index contributed by atoms with van der Waals surface area (Å²) in [5, 5.41) is 9.84. The van der Waals surface area contributed by atoms with Gasteiger partial charge in [-0.15, -0.1) is 11.3 Å². The van der Waals surface area contributed by atoms with Gasteiger partial charge in [-0.05, 0) is 33.4 Å². The average molecular weight is 269 g/mol. The first kappa shape index (κ1) is 13.3. The van der Waals surface area contributed by atoms with Gasteiger partial charge < -0.3 is 14.9 Å². The minimum atomic E-state index is -0.941. The standard InChI is InChI=1S/C12H19N3O2S/c1-8-10(11(16)17)13-12(18-8)15(3)9-5-4-6-14(2)7-9/h9H,4-7H2,1-3H3,(H,16,17). The third-order valence-corrected chi connectivity index (χ3v) is 4.50. The van der Waals surface area contributed by atoms with Crippen LogP contribution in [0.25, 0.3) is 0 Å². The SMILES string of the molecule is Cc1sc(N(C)C2CCCN(C)C2)nc1C(=O)O. The lowest BCUT2D eigenvalue weighted by Gasteiger charge is -2.35. The second-order valence-corrected chi connectivity index (χ2v) is 6.06. The number of anilines is 1. The quantitative estimate of drug-likeness (QED) is 0.904. The summed E-state index contributed by atoms with van der Waals surface area (Å²) in [6.07, 6.45) is 2.32. The molecule has 2 heterocycles. The number of carboxylic acid groups (broad SMARTS) is 1. The number of hydrogen-bond acceptors (Lipinski definition) is 5. The maximum Gasteiger partial charge on any atom is 0.355 e. The molecule has 1 aromatic rings. The van der Waals surface area contributed by atoms with Crippen molar-refractivity contribution in [3.05, 3.63) is 10.6 Å². The third-order valence-electron chi connectivity index (χ3n) is 3.44. The first-order valence-electron chi connectivity index (χ1n) is 6.11. The first-order valence-corrected chi connectivity index (χ1v) is 6.92. The summed E-state index contributed by atoms with van der Waals surface area (Å²) in [5.74, 6) is -0.941. The Labute approximate surface area is 111 Å². The highest BCUT2D eigenvalue weighted by Gasteiger charge is 2.24. The van der Waals surface area contributed by atoms with Gasteiger partial charge in [0.1, 0.15) is 0 Å². The van der Waals surface area contributed by atoms with E-state index in [1.54, 1.807) is 0 Å². The van der Waals surface area contributed by atoms with Gasteiger partial charge in [0.15, 0.2) is 10.8 Å². The van der Waals surface area contributed by atoms with E-state index in [-0.39, 0.29) is 5.69 Å². The van der Waals surface area contributed by atoms with E-state index in [0.717, 1.165) is 29.5 Å². The molecule has 18 heavy (non-hydrogen) atoms. The Hall–Kier alpha value is -1.14. The number of piperidine rings is 1. The van der Waals surface area contributed by atoms with Crippen LogP contribution in [-0.2, 0) is 0 Å². The summed E-state index contributed by atoms with van der Waals surface area (Å²) >= 11 is 1.46. The molecule has 6 heteroatoms. The molecule has 0 saturated carbocycles. The Balaban J connectivity index is 2.15. The fourth-order valence-electron chi connectivity index (χ4n) is 2.34. The van der Waals surface area contributed by atoms with E-state index >= 15 is 0 Å². The second-order valence-electron chi connectivity index (χ2n) is 4.88. The van der Waals surface area contributed by atoms with Crippen LogP contribution in [-0.4, -0.2) is 54.2 Å². The number of thiazole rings is 1. The molecule has 1 unspecified atom stereocenters. The number of aromatic carboxylic acids is 1. The number of likely N-dealkylation sites (N-methyl/N-ethyl adjacent to an activating group) is 2. The van der Waals surface area contributed by atoms with Gasteiger partial charge in [0.25, 0.3) is 0 Å². The molecule has 1 aliphatic rings. The van der Waals surface area contributed by atoms with Crippen molar-refractivity contribution in [3.63, 3.8) is 0 Å². The summed E-state index contributed by atoms with van der Waals surface area (Å²) < 4.78 is 0. The van der Waals surface area contributed by atoms with Crippen molar-refractivity contribution in [2.24, 2.45) is 0 Å². The van der Waals surface area contributed by atoms with Gasteiger partial charge in [-0.3, -0.25) is 0 Å². The zero-order chi connectivity index (χ0) is 13.3. The van der Waals surface area contributed by atoms with Gasteiger partial charge >= 0.3 is 5.97 Å². The molecular weight excluding hydrogens is 250 g/mol. The Morgan fingerprint density at radius 1 is 1.61 bits per heavy atom. The number of nitrogens with zero attached hydrogens (tertiary/aromatic N) is 3. The second kappa shape index (κ2) is 5.24. The molecule has 0 radical (unpaired) electrons. The van der Waals surface area contributed by atoms with Crippen molar-refractivity contribution < 1.29 is 9.90 Å². The number of likely N-dealkylation sites (tertiary alicyclic amines) is 1. The molecule has 1 fully saturated rings. The van der Waals surface area contributed by atoms with E-state index in [0.29, 0.717) is 6.04 Å². The summed E-state index contributed by atoms with van der Waals surface area (Å²) in [5.41, 5.74) is 0.186. The smallest absolute Gasteiger partial charge is 0.355 e. The largest absolute Gasteiger partial charge is 0.476 e. The van der Waals surface area contributed by atoms with Crippen molar-refractivity contribution in [2.75, 3.05) is 32.1 Å². The molecule has 1 saturated heterocycles. The van der Waals surface area contributed by atoms with E-state index in [4.69, 9.17) is 5.11 Å². The molecule has 5 nitrogen and oxygen atoms in total. The van der Waals surface area contributed by atoms with Gasteiger partial charge in [0.05, 0.1) is 0 Å². The lowest BCUT2D eigenvalue weighted by atomic mass is 10.1. The van der Waals surface area contributed by atoms with E-state index in [9.17, 15) is 4.79 Å². The van der Waals surface area contributed by atoms with Crippen LogP contribution in [0.1, 0.15) is 28.2 Å². The van der Waals surface area contributed by atoms with Crippen molar-refractivity contribution in [3.8, 4) is 0 Å². The molecule has 0 aromatic carbocycles. The maximum absolute atomic E-state index is 11.0. The molecule has 0 amide bonds. The van der Waals surface area contributed by atoms with Crippen LogP contribution in [0.3, 0.4) is 0 Å². The van der Waals surface area contributed by atoms with Gasteiger partial charge in [-0.1, -0.05) is 0 Å². The third kappa shape index (κ3) is 2.64. The topological polar surface area (TPSA) is 56.7 Å². The van der Waals surface area contributed by atoms with E-state index in [2.05, 4.69) is 21.8 Å². The minimum Gasteiger partial charge on any atom is -0.476 e. The van der Waals surface area contributed by atoms with Crippen molar-refractivity contribution in [1.29, 1.82) is 0 Å². The Kier molecular flexibility index (Phi) is 3.87. The fraction of sp³-hybridized carbons (Fsp3) is 0.667. The predicted molar refractivity (Wildman–Crippen MR) is 72.7 cm³/mol. The number of aryl methyl sites for hydroxylation is 1. The van der Waals surface area contributed by atoms with Gasteiger partial charge in [-0.2, -0.15) is 0 Å². The molecule has 1 aliphatic heterocycles. The molecule has 100 valence electrons. The normalized spacial score (nSPS) is 20.9. The highest BCUT2D eigenvalue weighted by Crippen LogP contribution is 2.28. The molecule has 1 N–H and O–H groups in total. The Morgan fingerprint density at radius 3 is 2.89 bits per heavy atom. The van der Waals surface area contributed by atoms with Crippen molar-refractivity contribution >= 4 is 22.4 Å². The lowest BCUT2D eigenvalue weighted by molar-refractivity contribution is 0.0690. The van der Waals surface area contributed by atoms with Gasteiger partial charge in [0, 0.05) is 24.5 Å². The Morgan fingerprint density at radius 2 is 2.33 bits per heavy atom. The van der Waals surface area contributed by atoms with Crippen LogP contribution < -0.4 is 4.90 Å². The number of carboxylic acids is 1. The zero-order valence-corrected chi connectivity index (χ0v) is 11.8.